The van der Waals surface area contributed by atoms with Crippen LogP contribution >= 0.6 is 0 Å². The Morgan fingerprint density at radius 3 is 2.67 bits per heavy atom. The maximum absolute atomic E-state index is 9.78. The highest BCUT2D eigenvalue weighted by Crippen LogP contribution is 2.37. The molecule has 0 spiro atoms. The topological polar surface area (TPSA) is 35.5 Å². The molecule has 2 fully saturated rings. The normalized spacial score (nSPS) is 34.0. The van der Waals surface area contributed by atoms with Crippen molar-refractivity contribution in [2.75, 3.05) is 32.8 Å². The average Bonchev–Trinajstić information content (AvgIpc) is 2.81. The van der Waals surface area contributed by atoms with Gasteiger partial charge in [-0.15, -0.1) is 0 Å². The van der Waals surface area contributed by atoms with Crippen LogP contribution in [0, 0.1) is 5.92 Å². The number of aliphatic hydroxyl groups is 1. The molecule has 0 aromatic rings. The second-order valence-corrected chi connectivity index (χ2v) is 6.12. The van der Waals surface area contributed by atoms with Crippen LogP contribution in [0.4, 0.5) is 0 Å². The number of nitrogens with zero attached hydrogens (tertiary/aromatic N) is 1. The molecule has 0 amide bonds. The van der Waals surface area contributed by atoms with Crippen molar-refractivity contribution in [3.05, 3.63) is 0 Å². The third-order valence-electron chi connectivity index (χ3n) is 5.01. The zero-order valence-electron chi connectivity index (χ0n) is 12.0. The Labute approximate surface area is 112 Å². The molecule has 1 aliphatic heterocycles. The lowest BCUT2D eigenvalue weighted by Gasteiger charge is -2.36. The minimum absolute atomic E-state index is 0.0323. The Bertz CT molecular complexity index is 241. The lowest BCUT2D eigenvalue weighted by Crippen LogP contribution is -2.52. The van der Waals surface area contributed by atoms with Crippen LogP contribution in [0.2, 0.25) is 0 Å². The highest BCUT2D eigenvalue weighted by atomic mass is 16.3. The lowest BCUT2D eigenvalue weighted by atomic mass is 9.85. The molecule has 3 nitrogen and oxygen atoms in total. The van der Waals surface area contributed by atoms with E-state index in [-0.39, 0.29) is 5.54 Å². The van der Waals surface area contributed by atoms with E-state index in [1.54, 1.807) is 0 Å². The molecular formula is C15H30N2O. The molecule has 2 rings (SSSR count). The molecule has 1 aliphatic carbocycles. The first-order valence-electron chi connectivity index (χ1n) is 7.89. The van der Waals surface area contributed by atoms with Crippen molar-refractivity contribution in [1.29, 1.82) is 0 Å². The summed E-state index contributed by atoms with van der Waals surface area (Å²) < 4.78 is 0. The molecule has 18 heavy (non-hydrogen) atoms. The first-order valence-corrected chi connectivity index (χ1v) is 7.89. The highest BCUT2D eigenvalue weighted by Gasteiger charge is 2.41. The van der Waals surface area contributed by atoms with Gasteiger partial charge in [0, 0.05) is 5.54 Å². The zero-order chi connectivity index (χ0) is 12.8. The van der Waals surface area contributed by atoms with E-state index in [0.29, 0.717) is 12.5 Å². The van der Waals surface area contributed by atoms with Crippen molar-refractivity contribution >= 4 is 0 Å². The van der Waals surface area contributed by atoms with E-state index in [1.165, 1.54) is 58.2 Å². The molecule has 0 aromatic heterocycles. The molecule has 1 saturated carbocycles. The third kappa shape index (κ3) is 3.25. The predicted octanol–water partition coefficient (Wildman–Crippen LogP) is 2.00. The Hall–Kier alpha value is -0.120. The molecule has 2 aliphatic rings. The van der Waals surface area contributed by atoms with Gasteiger partial charge in [-0.05, 0) is 64.2 Å². The predicted molar refractivity (Wildman–Crippen MR) is 75.7 cm³/mol. The summed E-state index contributed by atoms with van der Waals surface area (Å²) in [5.41, 5.74) is 0.0323. The molecule has 2 unspecified atom stereocenters. The van der Waals surface area contributed by atoms with Gasteiger partial charge in [-0.3, -0.25) is 0 Å². The number of aliphatic hydroxyl groups excluding tert-OH is 1. The minimum atomic E-state index is 0.0323. The van der Waals surface area contributed by atoms with Gasteiger partial charge in [0.2, 0.25) is 0 Å². The van der Waals surface area contributed by atoms with Gasteiger partial charge in [-0.1, -0.05) is 19.8 Å². The number of hydrogen-bond donors (Lipinski definition) is 2. The van der Waals surface area contributed by atoms with Gasteiger partial charge in [0.25, 0.3) is 0 Å². The first-order chi connectivity index (χ1) is 8.80. The van der Waals surface area contributed by atoms with Crippen molar-refractivity contribution in [2.45, 2.75) is 57.4 Å². The molecule has 3 heteroatoms. The second kappa shape index (κ2) is 6.88. The Morgan fingerprint density at radius 2 is 2.00 bits per heavy atom. The van der Waals surface area contributed by atoms with Gasteiger partial charge in [0.05, 0.1) is 6.61 Å². The van der Waals surface area contributed by atoms with E-state index in [0.717, 1.165) is 13.0 Å². The summed E-state index contributed by atoms with van der Waals surface area (Å²) in [6.07, 6.45) is 9.15. The lowest BCUT2D eigenvalue weighted by molar-refractivity contribution is 0.110. The quantitative estimate of drug-likeness (QED) is 0.761. The number of likely N-dealkylation sites (tertiary alicyclic amines) is 1. The van der Waals surface area contributed by atoms with Crippen LogP contribution in [0.3, 0.4) is 0 Å². The largest absolute Gasteiger partial charge is 0.394 e. The fourth-order valence-electron chi connectivity index (χ4n) is 3.94. The highest BCUT2D eigenvalue weighted by molar-refractivity contribution is 4.98. The molecule has 0 aromatic carbocycles. The SMILES string of the molecule is CCNC1(CO)CCCC1CCN1CCCCC1. The fraction of sp³-hybridized carbons (Fsp3) is 1.00. The van der Waals surface area contributed by atoms with Crippen LogP contribution in [0.1, 0.15) is 51.9 Å². The summed E-state index contributed by atoms with van der Waals surface area (Å²) in [5, 5.41) is 13.4. The molecular weight excluding hydrogens is 224 g/mol. The van der Waals surface area contributed by atoms with E-state index in [1.807, 2.05) is 0 Å². The van der Waals surface area contributed by atoms with Crippen LogP contribution in [-0.4, -0.2) is 48.3 Å². The van der Waals surface area contributed by atoms with Crippen LogP contribution < -0.4 is 5.32 Å². The van der Waals surface area contributed by atoms with Crippen LogP contribution in [0.25, 0.3) is 0 Å². The number of rotatable bonds is 6. The van der Waals surface area contributed by atoms with E-state index in [4.69, 9.17) is 0 Å². The maximum Gasteiger partial charge on any atom is 0.0616 e. The molecule has 0 radical (unpaired) electrons. The van der Waals surface area contributed by atoms with Crippen molar-refractivity contribution in [3.63, 3.8) is 0 Å². The van der Waals surface area contributed by atoms with E-state index in [9.17, 15) is 5.11 Å². The molecule has 0 bridgehead atoms. The number of hydrogen-bond acceptors (Lipinski definition) is 3. The molecule has 1 heterocycles. The summed E-state index contributed by atoms with van der Waals surface area (Å²) in [7, 11) is 0. The first kappa shape index (κ1) is 14.3. The molecule has 2 N–H and O–H groups in total. The minimum Gasteiger partial charge on any atom is -0.394 e. The van der Waals surface area contributed by atoms with Gasteiger partial charge in [0.1, 0.15) is 0 Å². The van der Waals surface area contributed by atoms with Gasteiger partial charge in [-0.25, -0.2) is 0 Å². The summed E-state index contributed by atoms with van der Waals surface area (Å²) in [4.78, 5) is 2.62. The molecule has 2 atom stereocenters. The Balaban J connectivity index is 1.82. The standard InChI is InChI=1S/C15H30N2O/c1-2-16-15(13-18)9-6-7-14(15)8-12-17-10-4-3-5-11-17/h14,16,18H,2-13H2,1H3. The van der Waals surface area contributed by atoms with Gasteiger partial charge < -0.3 is 15.3 Å². The third-order valence-corrected chi connectivity index (χ3v) is 5.01. The Kier molecular flexibility index (Phi) is 5.46. The van der Waals surface area contributed by atoms with E-state index in [2.05, 4.69) is 17.1 Å². The number of likely N-dealkylation sites (N-methyl/N-ethyl adjacent to an activating group) is 1. The zero-order valence-corrected chi connectivity index (χ0v) is 12.0. The van der Waals surface area contributed by atoms with Crippen LogP contribution in [-0.2, 0) is 0 Å². The summed E-state index contributed by atoms with van der Waals surface area (Å²) >= 11 is 0. The fourth-order valence-corrected chi connectivity index (χ4v) is 3.94. The number of piperidine rings is 1. The average molecular weight is 254 g/mol. The van der Waals surface area contributed by atoms with E-state index < -0.39 is 0 Å². The molecule has 106 valence electrons. The summed E-state index contributed by atoms with van der Waals surface area (Å²) in [6, 6.07) is 0. The number of nitrogens with one attached hydrogen (secondary N) is 1. The Morgan fingerprint density at radius 1 is 1.22 bits per heavy atom. The smallest absolute Gasteiger partial charge is 0.0616 e. The van der Waals surface area contributed by atoms with Gasteiger partial charge >= 0.3 is 0 Å². The van der Waals surface area contributed by atoms with Gasteiger partial charge in [0.15, 0.2) is 0 Å². The summed E-state index contributed by atoms with van der Waals surface area (Å²) in [6.45, 7) is 7.25. The van der Waals surface area contributed by atoms with Crippen LogP contribution in [0.15, 0.2) is 0 Å². The molecule has 1 saturated heterocycles. The van der Waals surface area contributed by atoms with Crippen molar-refractivity contribution in [1.82, 2.24) is 10.2 Å². The maximum atomic E-state index is 9.78. The van der Waals surface area contributed by atoms with Gasteiger partial charge in [-0.2, -0.15) is 0 Å². The van der Waals surface area contributed by atoms with E-state index >= 15 is 0 Å². The monoisotopic (exact) mass is 254 g/mol. The second-order valence-electron chi connectivity index (χ2n) is 6.12. The van der Waals surface area contributed by atoms with Crippen molar-refractivity contribution in [2.24, 2.45) is 5.92 Å². The van der Waals surface area contributed by atoms with Crippen molar-refractivity contribution < 1.29 is 5.11 Å². The van der Waals surface area contributed by atoms with Crippen molar-refractivity contribution in [3.8, 4) is 0 Å². The summed E-state index contributed by atoms with van der Waals surface area (Å²) in [5.74, 6) is 0.671. The van der Waals surface area contributed by atoms with Crippen LogP contribution in [0.5, 0.6) is 0 Å².